The second kappa shape index (κ2) is 2.01. The fourth-order valence-electron chi connectivity index (χ4n) is 0.344. The normalized spacial score (nSPS) is 9.43. The van der Waals surface area contributed by atoms with Gasteiger partial charge in [0.1, 0.15) is 0 Å². The SMILES string of the molecule is Brc1ccc(Br)[nH]1. The first-order valence-electron chi connectivity index (χ1n) is 1.79. The van der Waals surface area contributed by atoms with E-state index in [4.69, 9.17) is 0 Å². The molecule has 1 rings (SSSR count). The maximum absolute atomic E-state index is 3.25. The molecule has 0 bridgehead atoms. The van der Waals surface area contributed by atoms with Gasteiger partial charge in [0.25, 0.3) is 0 Å². The third-order valence-electron chi connectivity index (χ3n) is 0.615. The molecular formula is C4H3Br2N. The summed E-state index contributed by atoms with van der Waals surface area (Å²) in [5, 5.41) is 0. The molecule has 1 heterocycles. The number of H-pyrrole nitrogens is 1. The molecule has 1 N–H and O–H groups in total. The van der Waals surface area contributed by atoms with Crippen LogP contribution >= 0.6 is 31.9 Å². The molecule has 3 heteroatoms. The lowest BCUT2D eigenvalue weighted by molar-refractivity contribution is 1.31. The average Bonchev–Trinajstić information content (AvgIpc) is 1.87. The number of aromatic amines is 1. The molecule has 0 radical (unpaired) electrons. The van der Waals surface area contributed by atoms with Crippen molar-refractivity contribution in [1.29, 1.82) is 0 Å². The van der Waals surface area contributed by atoms with Gasteiger partial charge in [-0.3, -0.25) is 0 Å². The monoisotopic (exact) mass is 223 g/mol. The summed E-state index contributed by atoms with van der Waals surface area (Å²) in [6.07, 6.45) is 0. The zero-order chi connectivity index (χ0) is 5.28. The van der Waals surface area contributed by atoms with Crippen molar-refractivity contribution in [3.63, 3.8) is 0 Å². The highest BCUT2D eigenvalue weighted by molar-refractivity contribution is 9.11. The minimum absolute atomic E-state index is 0.999. The predicted molar refractivity (Wildman–Crippen MR) is 36.2 cm³/mol. The molecule has 1 aromatic rings. The van der Waals surface area contributed by atoms with Gasteiger partial charge in [0.15, 0.2) is 0 Å². The van der Waals surface area contributed by atoms with Gasteiger partial charge in [0.05, 0.1) is 9.21 Å². The van der Waals surface area contributed by atoms with Crippen LogP contribution in [-0.4, -0.2) is 4.98 Å². The lowest BCUT2D eigenvalue weighted by Crippen LogP contribution is -1.56. The van der Waals surface area contributed by atoms with Gasteiger partial charge in [-0.25, -0.2) is 0 Å². The summed E-state index contributed by atoms with van der Waals surface area (Å²) in [4.78, 5) is 2.97. The van der Waals surface area contributed by atoms with E-state index in [2.05, 4.69) is 36.8 Å². The van der Waals surface area contributed by atoms with Crippen LogP contribution in [0.1, 0.15) is 0 Å². The minimum atomic E-state index is 0.999. The number of rotatable bonds is 0. The van der Waals surface area contributed by atoms with Crippen molar-refractivity contribution in [3.05, 3.63) is 21.3 Å². The second-order valence-electron chi connectivity index (χ2n) is 1.15. The predicted octanol–water partition coefficient (Wildman–Crippen LogP) is 2.54. The van der Waals surface area contributed by atoms with Gasteiger partial charge < -0.3 is 4.98 Å². The van der Waals surface area contributed by atoms with E-state index >= 15 is 0 Å². The lowest BCUT2D eigenvalue weighted by atomic mass is 10.7. The molecule has 1 aromatic heterocycles. The number of aromatic nitrogens is 1. The molecule has 0 spiro atoms. The van der Waals surface area contributed by atoms with Gasteiger partial charge in [0, 0.05) is 0 Å². The second-order valence-corrected chi connectivity index (χ2v) is 2.86. The van der Waals surface area contributed by atoms with Gasteiger partial charge in [-0.05, 0) is 44.0 Å². The quantitative estimate of drug-likeness (QED) is 0.698. The zero-order valence-electron chi connectivity index (χ0n) is 3.41. The summed E-state index contributed by atoms with van der Waals surface area (Å²) >= 11 is 6.49. The number of hydrogen-bond donors (Lipinski definition) is 1. The van der Waals surface area contributed by atoms with Crippen LogP contribution < -0.4 is 0 Å². The van der Waals surface area contributed by atoms with Crippen LogP contribution in [0.15, 0.2) is 21.3 Å². The highest BCUT2D eigenvalue weighted by Crippen LogP contribution is 2.12. The first-order valence-corrected chi connectivity index (χ1v) is 3.37. The maximum Gasteiger partial charge on any atom is 0.0828 e. The fraction of sp³-hybridized carbons (Fsp3) is 0. The molecule has 38 valence electrons. The Hall–Kier alpha value is 0.240. The first kappa shape index (κ1) is 5.38. The third kappa shape index (κ3) is 1.31. The van der Waals surface area contributed by atoms with E-state index in [9.17, 15) is 0 Å². The summed E-state index contributed by atoms with van der Waals surface area (Å²) in [6.45, 7) is 0. The molecule has 0 atom stereocenters. The Labute approximate surface area is 58.4 Å². The Morgan fingerprint density at radius 3 is 1.71 bits per heavy atom. The average molecular weight is 225 g/mol. The van der Waals surface area contributed by atoms with Crippen LogP contribution in [0.5, 0.6) is 0 Å². The Balaban J connectivity index is 3.04. The van der Waals surface area contributed by atoms with Gasteiger partial charge in [0.2, 0.25) is 0 Å². The number of hydrogen-bond acceptors (Lipinski definition) is 0. The Morgan fingerprint density at radius 1 is 1.14 bits per heavy atom. The maximum atomic E-state index is 3.25. The smallest absolute Gasteiger partial charge is 0.0828 e. The van der Waals surface area contributed by atoms with E-state index in [0.717, 1.165) is 9.21 Å². The Bertz CT molecular complexity index is 142. The molecule has 0 saturated carbocycles. The van der Waals surface area contributed by atoms with Crippen LogP contribution in [0, 0.1) is 0 Å². The summed E-state index contributed by atoms with van der Waals surface area (Å²) in [6, 6.07) is 3.87. The third-order valence-corrected chi connectivity index (χ3v) is 1.54. The van der Waals surface area contributed by atoms with Crippen molar-refractivity contribution in [2.45, 2.75) is 0 Å². The standard InChI is InChI=1S/C4H3Br2N/c5-3-1-2-4(6)7-3/h1-2,7H. The molecule has 0 unspecified atom stereocenters. The van der Waals surface area contributed by atoms with Crippen molar-refractivity contribution >= 4 is 31.9 Å². The summed E-state index contributed by atoms with van der Waals surface area (Å²) in [5.41, 5.74) is 0. The molecule has 0 aliphatic rings. The number of halogens is 2. The number of nitrogens with one attached hydrogen (secondary N) is 1. The van der Waals surface area contributed by atoms with E-state index in [0.29, 0.717) is 0 Å². The van der Waals surface area contributed by atoms with E-state index in [1.165, 1.54) is 0 Å². The molecule has 7 heavy (non-hydrogen) atoms. The minimum Gasteiger partial charge on any atom is -0.344 e. The Morgan fingerprint density at radius 2 is 1.57 bits per heavy atom. The molecule has 0 aliphatic heterocycles. The summed E-state index contributed by atoms with van der Waals surface area (Å²) in [5.74, 6) is 0. The van der Waals surface area contributed by atoms with Crippen molar-refractivity contribution < 1.29 is 0 Å². The van der Waals surface area contributed by atoms with Crippen LogP contribution in [-0.2, 0) is 0 Å². The van der Waals surface area contributed by atoms with E-state index < -0.39 is 0 Å². The van der Waals surface area contributed by atoms with Crippen molar-refractivity contribution in [2.24, 2.45) is 0 Å². The molecule has 0 aromatic carbocycles. The highest BCUT2D eigenvalue weighted by atomic mass is 79.9. The van der Waals surface area contributed by atoms with Crippen molar-refractivity contribution in [2.75, 3.05) is 0 Å². The zero-order valence-corrected chi connectivity index (χ0v) is 6.58. The van der Waals surface area contributed by atoms with Gasteiger partial charge in [-0.15, -0.1) is 0 Å². The summed E-state index contributed by atoms with van der Waals surface area (Å²) < 4.78 is 2.00. The van der Waals surface area contributed by atoms with Crippen LogP contribution in [0.25, 0.3) is 0 Å². The molecule has 0 amide bonds. The fourth-order valence-corrected chi connectivity index (χ4v) is 1.30. The molecule has 1 nitrogen and oxygen atoms in total. The van der Waals surface area contributed by atoms with Crippen LogP contribution in [0.2, 0.25) is 0 Å². The lowest BCUT2D eigenvalue weighted by Gasteiger charge is -1.73. The molecule has 0 aliphatic carbocycles. The molecule has 0 fully saturated rings. The Kier molecular flexibility index (Phi) is 1.54. The highest BCUT2D eigenvalue weighted by Gasteiger charge is 1.85. The van der Waals surface area contributed by atoms with Gasteiger partial charge in [-0.1, -0.05) is 0 Å². The largest absolute Gasteiger partial charge is 0.344 e. The molecular weight excluding hydrogens is 222 g/mol. The van der Waals surface area contributed by atoms with Gasteiger partial charge in [-0.2, -0.15) is 0 Å². The van der Waals surface area contributed by atoms with Crippen molar-refractivity contribution in [3.8, 4) is 0 Å². The van der Waals surface area contributed by atoms with Crippen molar-refractivity contribution in [1.82, 2.24) is 4.98 Å². The van der Waals surface area contributed by atoms with Crippen LogP contribution in [0.3, 0.4) is 0 Å². The first-order chi connectivity index (χ1) is 3.29. The van der Waals surface area contributed by atoms with Crippen LogP contribution in [0.4, 0.5) is 0 Å². The van der Waals surface area contributed by atoms with E-state index in [1.807, 2.05) is 12.1 Å². The molecule has 0 saturated heterocycles. The summed E-state index contributed by atoms with van der Waals surface area (Å²) in [7, 11) is 0. The topological polar surface area (TPSA) is 15.8 Å². The van der Waals surface area contributed by atoms with E-state index in [-0.39, 0.29) is 0 Å². The van der Waals surface area contributed by atoms with Gasteiger partial charge >= 0.3 is 0 Å². The van der Waals surface area contributed by atoms with E-state index in [1.54, 1.807) is 0 Å².